The van der Waals surface area contributed by atoms with E-state index in [-0.39, 0.29) is 5.56 Å². The lowest BCUT2D eigenvalue weighted by atomic mass is 10.3. The number of pyridine rings is 1. The van der Waals surface area contributed by atoms with Crippen LogP contribution < -0.4 is 10.1 Å². The molecule has 1 heterocycles. The van der Waals surface area contributed by atoms with E-state index in [0.29, 0.717) is 25.5 Å². The van der Waals surface area contributed by atoms with Crippen molar-refractivity contribution in [2.45, 2.75) is 34.2 Å². The van der Waals surface area contributed by atoms with Gasteiger partial charge in [-0.05, 0) is 27.7 Å². The summed E-state index contributed by atoms with van der Waals surface area (Å²) >= 11 is 5.27. The maximum atomic E-state index is 11.9. The molecule has 0 aliphatic rings. The van der Waals surface area contributed by atoms with Crippen LogP contribution >= 0.6 is 6.72 Å². The Hall–Kier alpha value is -0.680. The topological polar surface area (TPSA) is 49.7 Å². The van der Waals surface area contributed by atoms with Gasteiger partial charge in [0, 0.05) is 36.2 Å². The van der Waals surface area contributed by atoms with Gasteiger partial charge in [-0.2, -0.15) is 0 Å². The molecule has 0 radical (unpaired) electrons. The molecule has 0 aliphatic heterocycles. The monoisotopic (exact) mass is 305 g/mol. The molecule has 0 aliphatic carbocycles. The fourth-order valence-electron chi connectivity index (χ4n) is 1.69. The number of hydrogen-bond acceptors (Lipinski definition) is 5. The van der Waals surface area contributed by atoms with Crippen LogP contribution in [-0.2, 0) is 27.4 Å². The van der Waals surface area contributed by atoms with Gasteiger partial charge in [0.25, 0.3) is 5.56 Å². The van der Waals surface area contributed by atoms with Crippen molar-refractivity contribution in [3.05, 3.63) is 28.2 Å². The summed E-state index contributed by atoms with van der Waals surface area (Å²) in [7, 11) is 0. The zero-order chi connectivity index (χ0) is 14.5. The van der Waals surface area contributed by atoms with Gasteiger partial charge in [-0.15, -0.1) is 0 Å². The lowest BCUT2D eigenvalue weighted by Gasteiger charge is -2.21. The molecule has 1 aromatic heterocycles. The molecule has 0 spiro atoms. The second-order valence-electron chi connectivity index (χ2n) is 3.79. The van der Waals surface area contributed by atoms with Crippen molar-refractivity contribution in [3.8, 4) is 5.75 Å². The Morgan fingerprint density at radius 3 is 2.21 bits per heavy atom. The largest absolute Gasteiger partial charge is 0.424 e. The molecule has 1 aromatic rings. The minimum atomic E-state index is -2.82. The van der Waals surface area contributed by atoms with Gasteiger partial charge in [-0.1, -0.05) is 0 Å². The molecule has 0 saturated heterocycles. The van der Waals surface area contributed by atoms with E-state index in [1.165, 1.54) is 6.07 Å². The number of nitrogens with zero attached hydrogens (tertiary/aromatic N) is 1. The Morgan fingerprint density at radius 1 is 1.21 bits per heavy atom. The van der Waals surface area contributed by atoms with Crippen LogP contribution in [0.15, 0.2) is 16.9 Å². The second kappa shape index (κ2) is 7.20. The molecule has 0 N–H and O–H groups in total. The van der Waals surface area contributed by atoms with Crippen LogP contribution in [0.2, 0.25) is 0 Å². The fourth-order valence-corrected chi connectivity index (χ4v) is 3.76. The molecular weight excluding hydrogens is 285 g/mol. The molecule has 0 amide bonds. The van der Waals surface area contributed by atoms with Gasteiger partial charge in [0.2, 0.25) is 0 Å². The first-order valence-electron chi connectivity index (χ1n) is 6.26. The van der Waals surface area contributed by atoms with E-state index in [1.807, 2.05) is 27.7 Å². The predicted molar refractivity (Wildman–Crippen MR) is 79.3 cm³/mol. The van der Waals surface area contributed by atoms with Crippen molar-refractivity contribution in [2.24, 2.45) is 0 Å². The van der Waals surface area contributed by atoms with Crippen molar-refractivity contribution < 1.29 is 13.6 Å². The molecule has 0 fully saturated rings. The third-order valence-electron chi connectivity index (χ3n) is 2.42. The predicted octanol–water partition coefficient (Wildman–Crippen LogP) is 2.85. The summed E-state index contributed by atoms with van der Waals surface area (Å²) in [5, 5.41) is 0. The lowest BCUT2D eigenvalue weighted by molar-refractivity contribution is 0.217. The van der Waals surface area contributed by atoms with E-state index < -0.39 is 6.72 Å². The minimum Gasteiger partial charge on any atom is -0.424 e. The molecule has 0 atom stereocenters. The SMILES string of the molecule is CCOP(=S)(OCC)Oc1cc(C)n(CC)c(=O)c1. The first-order chi connectivity index (χ1) is 8.95. The Kier molecular flexibility index (Phi) is 6.20. The van der Waals surface area contributed by atoms with E-state index in [9.17, 15) is 4.79 Å². The standard InChI is InChI=1S/C12H20NO4PS/c1-5-13-10(4)8-11(9-12(13)14)17-18(19,15-6-2)16-7-3/h8-9H,5-7H2,1-4H3. The van der Waals surface area contributed by atoms with Gasteiger partial charge in [-0.25, -0.2) is 0 Å². The van der Waals surface area contributed by atoms with Crippen LogP contribution in [0.5, 0.6) is 5.75 Å². The molecule has 0 unspecified atom stereocenters. The third kappa shape index (κ3) is 4.42. The smallest absolute Gasteiger partial charge is 0.380 e. The first kappa shape index (κ1) is 16.4. The summed E-state index contributed by atoms with van der Waals surface area (Å²) in [6.45, 7) is 6.02. The maximum Gasteiger partial charge on any atom is 0.380 e. The van der Waals surface area contributed by atoms with Crippen molar-refractivity contribution in [3.63, 3.8) is 0 Å². The van der Waals surface area contributed by atoms with Gasteiger partial charge >= 0.3 is 6.72 Å². The molecule has 7 heteroatoms. The molecule has 5 nitrogen and oxygen atoms in total. The van der Waals surface area contributed by atoms with Crippen LogP contribution in [0.4, 0.5) is 0 Å². The molecule has 0 bridgehead atoms. The molecule has 108 valence electrons. The summed E-state index contributed by atoms with van der Waals surface area (Å²) in [6, 6.07) is 3.18. The highest BCUT2D eigenvalue weighted by Crippen LogP contribution is 2.49. The highest BCUT2D eigenvalue weighted by atomic mass is 32.5. The highest BCUT2D eigenvalue weighted by Gasteiger charge is 2.21. The minimum absolute atomic E-state index is 0.118. The summed E-state index contributed by atoms with van der Waals surface area (Å²) in [4.78, 5) is 11.9. The van der Waals surface area contributed by atoms with Crippen molar-refractivity contribution in [1.82, 2.24) is 4.57 Å². The Morgan fingerprint density at radius 2 is 1.79 bits per heavy atom. The van der Waals surface area contributed by atoms with Crippen LogP contribution in [0.3, 0.4) is 0 Å². The molecule has 0 saturated carbocycles. The van der Waals surface area contributed by atoms with Crippen LogP contribution in [0.1, 0.15) is 26.5 Å². The zero-order valence-corrected chi connectivity index (χ0v) is 13.4. The van der Waals surface area contributed by atoms with Gasteiger partial charge in [0.15, 0.2) is 0 Å². The fraction of sp³-hybridized carbons (Fsp3) is 0.583. The van der Waals surface area contributed by atoms with E-state index in [1.54, 1.807) is 10.6 Å². The normalized spacial score (nSPS) is 11.6. The Labute approximate surface area is 118 Å². The van der Waals surface area contributed by atoms with Gasteiger partial charge < -0.3 is 9.09 Å². The van der Waals surface area contributed by atoms with Crippen LogP contribution in [0.25, 0.3) is 0 Å². The van der Waals surface area contributed by atoms with Crippen LogP contribution in [-0.4, -0.2) is 17.8 Å². The average Bonchev–Trinajstić information content (AvgIpc) is 2.28. The second-order valence-corrected chi connectivity index (χ2v) is 6.72. The van der Waals surface area contributed by atoms with Crippen LogP contribution in [0, 0.1) is 6.92 Å². The Balaban J connectivity index is 3.04. The third-order valence-corrected chi connectivity index (χ3v) is 4.86. The van der Waals surface area contributed by atoms with Gasteiger partial charge in [0.1, 0.15) is 5.75 Å². The average molecular weight is 305 g/mol. The van der Waals surface area contributed by atoms with Crippen molar-refractivity contribution >= 4 is 18.5 Å². The molecule has 0 aromatic carbocycles. The highest BCUT2D eigenvalue weighted by molar-refractivity contribution is 8.07. The summed E-state index contributed by atoms with van der Waals surface area (Å²) in [5.74, 6) is 0.400. The lowest BCUT2D eigenvalue weighted by Crippen LogP contribution is -2.20. The van der Waals surface area contributed by atoms with Crippen molar-refractivity contribution in [2.75, 3.05) is 13.2 Å². The van der Waals surface area contributed by atoms with Crippen molar-refractivity contribution in [1.29, 1.82) is 0 Å². The maximum absolute atomic E-state index is 11.9. The molecular formula is C12H20NO4PS. The summed E-state index contributed by atoms with van der Waals surface area (Å²) in [6.07, 6.45) is 0. The Bertz CT molecular complexity index is 519. The molecule has 19 heavy (non-hydrogen) atoms. The van der Waals surface area contributed by atoms with Gasteiger partial charge in [-0.3, -0.25) is 13.8 Å². The number of rotatable bonds is 7. The quantitative estimate of drug-likeness (QED) is 0.725. The number of aromatic nitrogens is 1. The van der Waals surface area contributed by atoms with E-state index in [0.717, 1.165) is 5.69 Å². The first-order valence-corrected chi connectivity index (χ1v) is 8.81. The summed E-state index contributed by atoms with van der Waals surface area (Å²) < 4.78 is 18.0. The van der Waals surface area contributed by atoms with E-state index in [4.69, 9.17) is 25.4 Å². The van der Waals surface area contributed by atoms with E-state index >= 15 is 0 Å². The summed E-state index contributed by atoms with van der Waals surface area (Å²) in [5.41, 5.74) is 0.701. The number of aryl methyl sites for hydroxylation is 1. The zero-order valence-electron chi connectivity index (χ0n) is 11.7. The molecule has 1 rings (SSSR count). The van der Waals surface area contributed by atoms with E-state index in [2.05, 4.69) is 0 Å². The van der Waals surface area contributed by atoms with Gasteiger partial charge in [0.05, 0.1) is 13.2 Å². The number of hydrogen-bond donors (Lipinski definition) is 0.